The lowest BCUT2D eigenvalue weighted by Crippen LogP contribution is -1.86. The van der Waals surface area contributed by atoms with Crippen LogP contribution in [0.2, 0.25) is 5.28 Å². The zero-order chi connectivity index (χ0) is 10.8. The highest BCUT2D eigenvalue weighted by atomic mass is 35.5. The van der Waals surface area contributed by atoms with Crippen LogP contribution < -0.4 is 0 Å². The monoisotopic (exact) mass is 220 g/mol. The van der Waals surface area contributed by atoms with Crippen LogP contribution in [0.25, 0.3) is 11.3 Å². The van der Waals surface area contributed by atoms with Gasteiger partial charge >= 0.3 is 0 Å². The Labute approximate surface area is 94.3 Å². The first-order valence-electron chi connectivity index (χ1n) is 4.97. The molecule has 0 aliphatic carbocycles. The summed E-state index contributed by atoms with van der Waals surface area (Å²) in [7, 11) is 0. The van der Waals surface area contributed by atoms with E-state index in [9.17, 15) is 0 Å². The average molecular weight is 221 g/mol. The number of H-pyrrole nitrogens is 1. The van der Waals surface area contributed by atoms with E-state index in [0.29, 0.717) is 11.2 Å². The van der Waals surface area contributed by atoms with Crippen LogP contribution in [0.1, 0.15) is 25.3 Å². The summed E-state index contributed by atoms with van der Waals surface area (Å²) in [6, 6.07) is 8.43. The first kappa shape index (κ1) is 10.2. The van der Waals surface area contributed by atoms with Crippen LogP contribution in [0, 0.1) is 0 Å². The van der Waals surface area contributed by atoms with Crippen LogP contribution in [-0.2, 0) is 0 Å². The Kier molecular flexibility index (Phi) is 2.78. The van der Waals surface area contributed by atoms with Gasteiger partial charge in [-0.1, -0.05) is 38.1 Å². The highest BCUT2D eigenvalue weighted by molar-refractivity contribution is 6.28. The molecule has 15 heavy (non-hydrogen) atoms. The van der Waals surface area contributed by atoms with Crippen LogP contribution in [0.15, 0.2) is 30.5 Å². The van der Waals surface area contributed by atoms with Crippen LogP contribution in [0.4, 0.5) is 0 Å². The minimum Gasteiger partial charge on any atom is -0.329 e. The molecule has 0 atom stereocenters. The molecule has 1 aromatic heterocycles. The van der Waals surface area contributed by atoms with Crippen molar-refractivity contribution < 1.29 is 0 Å². The molecule has 0 aliphatic rings. The summed E-state index contributed by atoms with van der Waals surface area (Å²) < 4.78 is 0. The molecule has 1 aromatic carbocycles. The number of aromatic nitrogens is 2. The number of hydrogen-bond acceptors (Lipinski definition) is 1. The molecule has 2 nitrogen and oxygen atoms in total. The molecule has 2 aromatic rings. The summed E-state index contributed by atoms with van der Waals surface area (Å²) in [4.78, 5) is 6.96. The molecule has 1 heterocycles. The first-order valence-corrected chi connectivity index (χ1v) is 5.35. The standard InChI is InChI=1S/C12H13ClN2/c1-8(2)9-3-5-10(6-4-9)11-7-14-12(13)15-11/h3-8H,1-2H3,(H,14,15). The van der Waals surface area contributed by atoms with Crippen molar-refractivity contribution in [2.45, 2.75) is 19.8 Å². The Hall–Kier alpha value is -1.28. The second-order valence-electron chi connectivity index (χ2n) is 3.86. The number of imidazole rings is 1. The second kappa shape index (κ2) is 4.07. The van der Waals surface area contributed by atoms with Gasteiger partial charge in [0.2, 0.25) is 0 Å². The lowest BCUT2D eigenvalue weighted by atomic mass is 10.0. The smallest absolute Gasteiger partial charge is 0.200 e. The summed E-state index contributed by atoms with van der Waals surface area (Å²) in [6.07, 6.45) is 1.74. The lowest BCUT2D eigenvalue weighted by Gasteiger charge is -2.05. The van der Waals surface area contributed by atoms with Gasteiger partial charge in [-0.25, -0.2) is 4.98 Å². The molecule has 0 unspecified atom stereocenters. The zero-order valence-corrected chi connectivity index (χ0v) is 9.55. The lowest BCUT2D eigenvalue weighted by molar-refractivity contribution is 0.867. The number of nitrogens with zero attached hydrogens (tertiary/aromatic N) is 1. The summed E-state index contributed by atoms with van der Waals surface area (Å²) in [6.45, 7) is 4.37. The fraction of sp³-hybridized carbons (Fsp3) is 0.250. The van der Waals surface area contributed by atoms with Gasteiger partial charge < -0.3 is 4.98 Å². The molecular weight excluding hydrogens is 208 g/mol. The average Bonchev–Trinajstić information content (AvgIpc) is 2.65. The van der Waals surface area contributed by atoms with E-state index in [1.165, 1.54) is 5.56 Å². The van der Waals surface area contributed by atoms with Crippen molar-refractivity contribution >= 4 is 11.6 Å². The van der Waals surface area contributed by atoms with Gasteiger partial charge in [-0.3, -0.25) is 0 Å². The Bertz CT molecular complexity index is 443. The molecule has 0 fully saturated rings. The van der Waals surface area contributed by atoms with E-state index in [0.717, 1.165) is 11.3 Å². The fourth-order valence-electron chi connectivity index (χ4n) is 1.49. The van der Waals surface area contributed by atoms with Gasteiger partial charge in [0.25, 0.3) is 0 Å². The SMILES string of the molecule is CC(C)c1ccc(-c2cnc(Cl)[nH]2)cc1. The van der Waals surface area contributed by atoms with Gasteiger partial charge in [0, 0.05) is 0 Å². The minimum absolute atomic E-state index is 0.429. The highest BCUT2D eigenvalue weighted by Crippen LogP contribution is 2.21. The van der Waals surface area contributed by atoms with E-state index in [1.807, 2.05) is 0 Å². The summed E-state index contributed by atoms with van der Waals surface area (Å²) in [5, 5.41) is 0.429. The summed E-state index contributed by atoms with van der Waals surface area (Å²) in [5.41, 5.74) is 3.40. The Morgan fingerprint density at radius 1 is 1.20 bits per heavy atom. The molecule has 78 valence electrons. The number of hydrogen-bond donors (Lipinski definition) is 1. The topological polar surface area (TPSA) is 28.7 Å². The number of aromatic amines is 1. The van der Waals surface area contributed by atoms with Crippen molar-refractivity contribution in [2.75, 3.05) is 0 Å². The van der Waals surface area contributed by atoms with Gasteiger partial charge in [-0.2, -0.15) is 0 Å². The van der Waals surface area contributed by atoms with Crippen molar-refractivity contribution in [3.63, 3.8) is 0 Å². The highest BCUT2D eigenvalue weighted by Gasteiger charge is 2.03. The predicted octanol–water partition coefficient (Wildman–Crippen LogP) is 3.85. The van der Waals surface area contributed by atoms with Crippen molar-refractivity contribution in [3.8, 4) is 11.3 Å². The van der Waals surface area contributed by atoms with Crippen LogP contribution >= 0.6 is 11.6 Å². The second-order valence-corrected chi connectivity index (χ2v) is 4.22. The molecular formula is C12H13ClN2. The van der Waals surface area contributed by atoms with Crippen molar-refractivity contribution in [1.82, 2.24) is 9.97 Å². The maximum Gasteiger partial charge on any atom is 0.200 e. The van der Waals surface area contributed by atoms with E-state index in [1.54, 1.807) is 6.20 Å². The van der Waals surface area contributed by atoms with E-state index in [2.05, 4.69) is 48.1 Å². The molecule has 1 N–H and O–H groups in total. The normalized spacial score (nSPS) is 10.9. The molecule has 0 bridgehead atoms. The third kappa shape index (κ3) is 2.21. The third-order valence-electron chi connectivity index (χ3n) is 2.43. The van der Waals surface area contributed by atoms with Crippen LogP contribution in [-0.4, -0.2) is 9.97 Å². The quantitative estimate of drug-likeness (QED) is 0.818. The van der Waals surface area contributed by atoms with E-state index >= 15 is 0 Å². The molecule has 0 amide bonds. The predicted molar refractivity (Wildman–Crippen MR) is 63.1 cm³/mol. The third-order valence-corrected chi connectivity index (χ3v) is 2.63. The fourth-order valence-corrected chi connectivity index (χ4v) is 1.64. The van der Waals surface area contributed by atoms with E-state index in [4.69, 9.17) is 11.6 Å². The first-order chi connectivity index (χ1) is 7.16. The Morgan fingerprint density at radius 2 is 1.87 bits per heavy atom. The number of halogens is 1. The van der Waals surface area contributed by atoms with Crippen molar-refractivity contribution in [1.29, 1.82) is 0 Å². The van der Waals surface area contributed by atoms with Crippen molar-refractivity contribution in [2.24, 2.45) is 0 Å². The van der Waals surface area contributed by atoms with Crippen LogP contribution in [0.5, 0.6) is 0 Å². The van der Waals surface area contributed by atoms with Crippen LogP contribution in [0.3, 0.4) is 0 Å². The van der Waals surface area contributed by atoms with Gasteiger partial charge in [0.1, 0.15) is 0 Å². The maximum atomic E-state index is 5.73. The van der Waals surface area contributed by atoms with Crippen molar-refractivity contribution in [3.05, 3.63) is 41.3 Å². The van der Waals surface area contributed by atoms with E-state index in [-0.39, 0.29) is 0 Å². The summed E-state index contributed by atoms with van der Waals surface area (Å²) in [5.74, 6) is 0.560. The number of benzene rings is 1. The number of rotatable bonds is 2. The maximum absolute atomic E-state index is 5.73. The van der Waals surface area contributed by atoms with Gasteiger partial charge in [0.05, 0.1) is 11.9 Å². The molecule has 2 rings (SSSR count). The largest absolute Gasteiger partial charge is 0.329 e. The molecule has 0 saturated heterocycles. The van der Waals surface area contributed by atoms with Gasteiger partial charge in [-0.15, -0.1) is 0 Å². The van der Waals surface area contributed by atoms with E-state index < -0.39 is 0 Å². The minimum atomic E-state index is 0.429. The molecule has 0 saturated carbocycles. The number of nitrogens with one attached hydrogen (secondary N) is 1. The molecule has 0 radical (unpaired) electrons. The Balaban J connectivity index is 2.31. The van der Waals surface area contributed by atoms with Gasteiger partial charge in [0.15, 0.2) is 5.28 Å². The van der Waals surface area contributed by atoms with Gasteiger partial charge in [-0.05, 0) is 28.6 Å². The Morgan fingerprint density at radius 3 is 2.33 bits per heavy atom. The molecule has 0 aliphatic heterocycles. The summed E-state index contributed by atoms with van der Waals surface area (Å²) >= 11 is 5.73. The molecule has 0 spiro atoms. The zero-order valence-electron chi connectivity index (χ0n) is 8.79. The molecule has 3 heteroatoms.